The van der Waals surface area contributed by atoms with Crippen LogP contribution in [-0.2, 0) is 14.3 Å². The summed E-state index contributed by atoms with van der Waals surface area (Å²) in [4.78, 5) is 38.2. The maximum Gasteiger partial charge on any atom is 0.310 e. The van der Waals surface area contributed by atoms with Crippen LogP contribution in [0.1, 0.15) is 29.6 Å². The van der Waals surface area contributed by atoms with Crippen molar-refractivity contribution in [2.45, 2.75) is 19.3 Å². The fraction of sp³-hybridized carbons (Fsp3) is 0.348. The molecule has 2 bridgehead atoms. The van der Waals surface area contributed by atoms with Crippen molar-refractivity contribution in [3.05, 3.63) is 64.1 Å². The van der Waals surface area contributed by atoms with Crippen LogP contribution in [0.4, 0.5) is 5.69 Å². The van der Waals surface area contributed by atoms with Crippen LogP contribution in [0.15, 0.2) is 48.5 Å². The predicted molar refractivity (Wildman–Crippen MR) is 115 cm³/mol. The molecule has 2 aromatic rings. The minimum atomic E-state index is -0.512. The largest absolute Gasteiger partial charge is 0.455 e. The predicted octanol–water partition coefficient (Wildman–Crippen LogP) is 5.02. The highest BCUT2D eigenvalue weighted by atomic mass is 35.5. The van der Waals surface area contributed by atoms with Crippen molar-refractivity contribution in [3.63, 3.8) is 0 Å². The van der Waals surface area contributed by atoms with Crippen LogP contribution in [0.2, 0.25) is 10.0 Å². The molecule has 1 N–H and O–H groups in total. The summed E-state index contributed by atoms with van der Waals surface area (Å²) in [6, 6.07) is 13.9. The summed E-state index contributed by atoms with van der Waals surface area (Å²) in [7, 11) is 0. The summed E-state index contributed by atoms with van der Waals surface area (Å²) in [6.45, 7) is -0.443. The number of anilines is 1. The molecule has 4 rings (SSSR count). The van der Waals surface area contributed by atoms with Gasteiger partial charge < -0.3 is 10.1 Å². The zero-order valence-electron chi connectivity index (χ0n) is 16.1. The van der Waals surface area contributed by atoms with Gasteiger partial charge in [-0.05, 0) is 43.2 Å². The molecule has 2 aromatic carbocycles. The van der Waals surface area contributed by atoms with Gasteiger partial charge in [0.25, 0.3) is 5.91 Å². The third-order valence-corrected chi connectivity index (χ3v) is 6.94. The first-order valence-corrected chi connectivity index (χ1v) is 10.7. The van der Waals surface area contributed by atoms with E-state index in [-0.39, 0.29) is 28.6 Å². The molecule has 0 aromatic heterocycles. The van der Waals surface area contributed by atoms with E-state index in [4.69, 9.17) is 27.9 Å². The molecular weight excluding hydrogens is 425 g/mol. The Morgan fingerprint density at radius 1 is 0.933 bits per heavy atom. The lowest BCUT2D eigenvalue weighted by molar-refractivity contribution is -0.154. The second kappa shape index (κ2) is 8.78. The van der Waals surface area contributed by atoms with Gasteiger partial charge in [0.15, 0.2) is 12.4 Å². The van der Waals surface area contributed by atoms with Gasteiger partial charge in [-0.25, -0.2) is 0 Å². The molecule has 7 heteroatoms. The number of Topliss-reactive ketones (excluding diaryl/α,β-unsaturated/α-hetero) is 1. The molecule has 4 atom stereocenters. The summed E-state index contributed by atoms with van der Waals surface area (Å²) in [5.41, 5.74) is 0.962. The number of ether oxygens (including phenoxy) is 1. The van der Waals surface area contributed by atoms with Crippen molar-refractivity contribution in [1.29, 1.82) is 0 Å². The Kier molecular flexibility index (Phi) is 6.11. The highest BCUT2D eigenvalue weighted by Crippen LogP contribution is 2.53. The molecule has 2 fully saturated rings. The van der Waals surface area contributed by atoms with E-state index in [0.29, 0.717) is 16.3 Å². The molecule has 0 saturated heterocycles. The molecule has 2 aliphatic carbocycles. The first-order valence-electron chi connectivity index (χ1n) is 9.95. The van der Waals surface area contributed by atoms with Crippen LogP contribution in [0.5, 0.6) is 0 Å². The van der Waals surface area contributed by atoms with E-state index in [1.807, 2.05) is 18.2 Å². The molecule has 0 aliphatic heterocycles. The number of amides is 1. The summed E-state index contributed by atoms with van der Waals surface area (Å²) in [5.74, 6) is -1.57. The fourth-order valence-corrected chi connectivity index (χ4v) is 5.17. The lowest BCUT2D eigenvalue weighted by Gasteiger charge is -2.28. The number of halogens is 2. The molecular formula is C23H21Cl2NO4. The standard InChI is InChI=1S/C23H21Cl2NO4/c24-16-7-4-8-17(21(16)25)26-18(27)12-30-23(29)20-15-10-9-14(11-15)19(20)22(28)13-5-2-1-3-6-13/h1-8,14-15,19-20H,9-12H2,(H,26,27)/t14-,15-,19+,20-/m0/s1. The Bertz CT molecular complexity index is 978. The number of fused-ring (bicyclic) bond motifs is 2. The third-order valence-electron chi connectivity index (χ3n) is 6.12. The summed E-state index contributed by atoms with van der Waals surface area (Å²) >= 11 is 12.0. The number of carbonyl (C=O) groups excluding carboxylic acids is 3. The zero-order chi connectivity index (χ0) is 21.3. The summed E-state index contributed by atoms with van der Waals surface area (Å²) in [5, 5.41) is 3.13. The number of ketones is 1. The van der Waals surface area contributed by atoms with Gasteiger partial charge in [-0.1, -0.05) is 59.6 Å². The maximum absolute atomic E-state index is 13.1. The van der Waals surface area contributed by atoms with E-state index < -0.39 is 24.4 Å². The van der Waals surface area contributed by atoms with E-state index in [2.05, 4.69) is 5.32 Å². The number of nitrogens with one attached hydrogen (secondary N) is 1. The number of esters is 1. The van der Waals surface area contributed by atoms with E-state index in [1.165, 1.54) is 0 Å². The van der Waals surface area contributed by atoms with Crippen molar-refractivity contribution < 1.29 is 19.1 Å². The molecule has 30 heavy (non-hydrogen) atoms. The number of benzene rings is 2. The van der Waals surface area contributed by atoms with Crippen molar-refractivity contribution in [1.82, 2.24) is 0 Å². The van der Waals surface area contributed by atoms with Gasteiger partial charge in [-0.15, -0.1) is 0 Å². The van der Waals surface area contributed by atoms with Crippen LogP contribution in [0, 0.1) is 23.7 Å². The second-order valence-corrected chi connectivity index (χ2v) is 8.66. The number of hydrogen-bond acceptors (Lipinski definition) is 4. The molecule has 1 amide bonds. The number of rotatable bonds is 6. The molecule has 5 nitrogen and oxygen atoms in total. The monoisotopic (exact) mass is 445 g/mol. The topological polar surface area (TPSA) is 72.5 Å². The van der Waals surface area contributed by atoms with Crippen LogP contribution in [0.3, 0.4) is 0 Å². The van der Waals surface area contributed by atoms with E-state index in [1.54, 1.807) is 30.3 Å². The molecule has 0 radical (unpaired) electrons. The zero-order valence-corrected chi connectivity index (χ0v) is 17.7. The van der Waals surface area contributed by atoms with Gasteiger partial charge in [0, 0.05) is 11.5 Å². The van der Waals surface area contributed by atoms with Crippen molar-refractivity contribution in [3.8, 4) is 0 Å². The van der Waals surface area contributed by atoms with E-state index in [0.717, 1.165) is 19.3 Å². The molecule has 2 saturated carbocycles. The highest BCUT2D eigenvalue weighted by molar-refractivity contribution is 6.44. The average Bonchev–Trinajstić information content (AvgIpc) is 3.37. The van der Waals surface area contributed by atoms with Crippen LogP contribution < -0.4 is 5.32 Å². The average molecular weight is 446 g/mol. The normalized spacial score (nSPS) is 24.5. The maximum atomic E-state index is 13.1. The highest BCUT2D eigenvalue weighted by Gasteiger charge is 2.54. The quantitative estimate of drug-likeness (QED) is 0.500. The Labute approximate surface area is 184 Å². The summed E-state index contributed by atoms with van der Waals surface area (Å²) < 4.78 is 5.32. The number of carbonyl (C=O) groups is 3. The molecule has 2 aliphatic rings. The van der Waals surface area contributed by atoms with Crippen molar-refractivity contribution in [2.75, 3.05) is 11.9 Å². The fourth-order valence-electron chi connectivity index (χ4n) is 4.82. The van der Waals surface area contributed by atoms with Crippen LogP contribution in [0.25, 0.3) is 0 Å². The van der Waals surface area contributed by atoms with Crippen LogP contribution in [-0.4, -0.2) is 24.3 Å². The Morgan fingerprint density at radius 2 is 1.63 bits per heavy atom. The smallest absolute Gasteiger partial charge is 0.310 e. The van der Waals surface area contributed by atoms with Crippen molar-refractivity contribution in [2.24, 2.45) is 23.7 Å². The van der Waals surface area contributed by atoms with E-state index in [9.17, 15) is 14.4 Å². The molecule has 0 unspecified atom stereocenters. The van der Waals surface area contributed by atoms with Gasteiger partial charge in [-0.2, -0.15) is 0 Å². The van der Waals surface area contributed by atoms with Gasteiger partial charge in [0.05, 0.1) is 21.7 Å². The van der Waals surface area contributed by atoms with Gasteiger partial charge in [-0.3, -0.25) is 14.4 Å². The summed E-state index contributed by atoms with van der Waals surface area (Å²) in [6.07, 6.45) is 2.71. The number of hydrogen-bond donors (Lipinski definition) is 1. The Balaban J connectivity index is 1.41. The van der Waals surface area contributed by atoms with Crippen LogP contribution >= 0.6 is 23.2 Å². The lowest BCUT2D eigenvalue weighted by atomic mass is 9.75. The molecule has 156 valence electrons. The first kappa shape index (κ1) is 20.9. The Morgan fingerprint density at radius 3 is 2.37 bits per heavy atom. The SMILES string of the molecule is O=C(COC(=O)[C@H]1[C@H]2CC[C@@H](C2)[C@H]1C(=O)c1ccccc1)Nc1cccc(Cl)c1Cl. The second-order valence-electron chi connectivity index (χ2n) is 7.87. The van der Waals surface area contributed by atoms with Gasteiger partial charge in [0.1, 0.15) is 0 Å². The molecule has 0 spiro atoms. The minimum absolute atomic E-state index is 0.0140. The van der Waals surface area contributed by atoms with E-state index >= 15 is 0 Å². The Hall–Kier alpha value is -2.37. The lowest BCUT2D eigenvalue weighted by Crippen LogP contribution is -2.37. The third kappa shape index (κ3) is 4.09. The first-order chi connectivity index (χ1) is 14.5. The van der Waals surface area contributed by atoms with Gasteiger partial charge >= 0.3 is 5.97 Å². The van der Waals surface area contributed by atoms with Crippen molar-refractivity contribution >= 4 is 46.5 Å². The minimum Gasteiger partial charge on any atom is -0.455 e. The molecule has 0 heterocycles. The van der Waals surface area contributed by atoms with Gasteiger partial charge in [0.2, 0.25) is 0 Å².